The standard InChI is InChI=1S/C6H12N2O.ClH.H2O/c1-6(2)3-4(7)5(9)8-6;;/h4H,3,7H2,1-2H3,(H,8,9);1H;1H2. The summed E-state index contributed by atoms with van der Waals surface area (Å²) in [6, 6.07) is -0.292. The zero-order valence-electron chi connectivity index (χ0n) is 6.68. The third-order valence-corrected chi connectivity index (χ3v) is 1.53. The van der Waals surface area contributed by atoms with Crippen molar-refractivity contribution in [3.05, 3.63) is 0 Å². The van der Waals surface area contributed by atoms with E-state index in [9.17, 15) is 4.79 Å². The second kappa shape index (κ2) is 3.90. The maximum atomic E-state index is 10.8. The fourth-order valence-corrected chi connectivity index (χ4v) is 1.12. The van der Waals surface area contributed by atoms with Gasteiger partial charge in [-0.3, -0.25) is 4.79 Å². The number of rotatable bonds is 0. The molecule has 1 heterocycles. The summed E-state index contributed by atoms with van der Waals surface area (Å²) in [5.41, 5.74) is 5.36. The van der Waals surface area contributed by atoms with Gasteiger partial charge in [0.2, 0.25) is 5.91 Å². The first-order chi connectivity index (χ1) is 4.01. The number of carbonyl (C=O) groups excluding carboxylic acids is 1. The Balaban J connectivity index is 0. The van der Waals surface area contributed by atoms with Crippen molar-refractivity contribution in [2.75, 3.05) is 0 Å². The molecule has 1 rings (SSSR count). The van der Waals surface area contributed by atoms with Crippen molar-refractivity contribution in [2.24, 2.45) is 5.73 Å². The van der Waals surface area contributed by atoms with Gasteiger partial charge in [-0.2, -0.15) is 0 Å². The average molecular weight is 183 g/mol. The second-order valence-corrected chi connectivity index (χ2v) is 3.18. The van der Waals surface area contributed by atoms with Crippen molar-refractivity contribution in [1.82, 2.24) is 5.32 Å². The van der Waals surface area contributed by atoms with E-state index in [1.54, 1.807) is 0 Å². The highest BCUT2D eigenvalue weighted by molar-refractivity contribution is 5.85. The molecule has 1 aliphatic heterocycles. The molecule has 0 spiro atoms. The molecule has 4 nitrogen and oxygen atoms in total. The first kappa shape index (κ1) is 13.3. The van der Waals surface area contributed by atoms with Gasteiger partial charge in [-0.15, -0.1) is 12.4 Å². The largest absolute Gasteiger partial charge is 0.412 e. The number of hydrogen-bond acceptors (Lipinski definition) is 2. The SMILES string of the molecule is CC1(C)CC(N)C(=O)N1.Cl.O. The molecule has 11 heavy (non-hydrogen) atoms. The molecule has 1 fully saturated rings. The van der Waals surface area contributed by atoms with Crippen LogP contribution in [0.25, 0.3) is 0 Å². The first-order valence-electron chi connectivity index (χ1n) is 3.09. The Bertz CT molecular complexity index is 150. The summed E-state index contributed by atoms with van der Waals surface area (Å²) in [5.74, 6) is -0.0278. The van der Waals surface area contributed by atoms with Gasteiger partial charge in [-0.25, -0.2) is 0 Å². The molecule has 1 atom stereocenters. The molecule has 68 valence electrons. The van der Waals surface area contributed by atoms with E-state index in [4.69, 9.17) is 5.73 Å². The van der Waals surface area contributed by atoms with Crippen LogP contribution < -0.4 is 11.1 Å². The van der Waals surface area contributed by atoms with Crippen LogP contribution >= 0.6 is 12.4 Å². The summed E-state index contributed by atoms with van der Waals surface area (Å²) in [4.78, 5) is 10.8. The Hall–Kier alpha value is -0.320. The van der Waals surface area contributed by atoms with Gasteiger partial charge in [-0.05, 0) is 20.3 Å². The normalized spacial score (nSPS) is 26.5. The Morgan fingerprint density at radius 2 is 2.09 bits per heavy atom. The van der Waals surface area contributed by atoms with Gasteiger partial charge >= 0.3 is 0 Å². The van der Waals surface area contributed by atoms with Crippen molar-refractivity contribution in [3.63, 3.8) is 0 Å². The van der Waals surface area contributed by atoms with E-state index in [0.29, 0.717) is 0 Å². The summed E-state index contributed by atoms with van der Waals surface area (Å²) in [7, 11) is 0. The van der Waals surface area contributed by atoms with Gasteiger partial charge in [0.05, 0.1) is 6.04 Å². The van der Waals surface area contributed by atoms with Gasteiger partial charge in [0.1, 0.15) is 0 Å². The molecule has 1 unspecified atom stereocenters. The quantitative estimate of drug-likeness (QED) is 0.515. The molecule has 5 heteroatoms. The second-order valence-electron chi connectivity index (χ2n) is 3.18. The molecule has 5 N–H and O–H groups in total. The lowest BCUT2D eigenvalue weighted by Gasteiger charge is -2.15. The van der Waals surface area contributed by atoms with E-state index in [2.05, 4.69) is 5.32 Å². The van der Waals surface area contributed by atoms with Crippen molar-refractivity contribution in [3.8, 4) is 0 Å². The van der Waals surface area contributed by atoms with Crippen LogP contribution in [0.4, 0.5) is 0 Å². The van der Waals surface area contributed by atoms with Crippen LogP contribution in [0, 0.1) is 0 Å². The molecule has 0 aromatic carbocycles. The Kier molecular flexibility index (Phi) is 4.71. The molecule has 0 radical (unpaired) electrons. The van der Waals surface area contributed by atoms with E-state index in [1.165, 1.54) is 0 Å². The minimum Gasteiger partial charge on any atom is -0.412 e. The highest BCUT2D eigenvalue weighted by Gasteiger charge is 2.34. The smallest absolute Gasteiger partial charge is 0.237 e. The first-order valence-corrected chi connectivity index (χ1v) is 3.09. The predicted octanol–water partition coefficient (Wildman–Crippen LogP) is -0.791. The van der Waals surface area contributed by atoms with Gasteiger partial charge in [0.25, 0.3) is 0 Å². The van der Waals surface area contributed by atoms with Crippen LogP contribution in [0.1, 0.15) is 20.3 Å². The zero-order chi connectivity index (χ0) is 7.07. The number of nitrogens with one attached hydrogen (secondary N) is 1. The summed E-state index contributed by atoms with van der Waals surface area (Å²) in [6.07, 6.45) is 0.742. The van der Waals surface area contributed by atoms with Crippen LogP contribution in [-0.4, -0.2) is 23.0 Å². The maximum absolute atomic E-state index is 10.8. The van der Waals surface area contributed by atoms with Crippen molar-refractivity contribution < 1.29 is 10.3 Å². The number of halogens is 1. The van der Waals surface area contributed by atoms with Gasteiger partial charge in [-0.1, -0.05) is 0 Å². The van der Waals surface area contributed by atoms with E-state index in [1.807, 2.05) is 13.8 Å². The van der Waals surface area contributed by atoms with E-state index in [-0.39, 0.29) is 35.4 Å². The lowest BCUT2D eigenvalue weighted by Crippen LogP contribution is -2.35. The van der Waals surface area contributed by atoms with Crippen LogP contribution in [0.2, 0.25) is 0 Å². The molecule has 0 aromatic heterocycles. The van der Waals surface area contributed by atoms with Crippen LogP contribution in [-0.2, 0) is 4.79 Å². The highest BCUT2D eigenvalue weighted by Crippen LogP contribution is 2.16. The van der Waals surface area contributed by atoms with Crippen LogP contribution in [0.3, 0.4) is 0 Å². The van der Waals surface area contributed by atoms with E-state index < -0.39 is 0 Å². The highest BCUT2D eigenvalue weighted by atomic mass is 35.5. The molecule has 1 amide bonds. The lowest BCUT2D eigenvalue weighted by atomic mass is 10.0. The molecule has 0 aliphatic carbocycles. The Morgan fingerprint density at radius 3 is 2.18 bits per heavy atom. The molecule has 0 saturated carbocycles. The fraction of sp³-hybridized carbons (Fsp3) is 0.833. The van der Waals surface area contributed by atoms with Gasteiger partial charge < -0.3 is 16.5 Å². The van der Waals surface area contributed by atoms with Crippen LogP contribution in [0.5, 0.6) is 0 Å². The Labute approximate surface area is 72.2 Å². The van der Waals surface area contributed by atoms with E-state index >= 15 is 0 Å². The summed E-state index contributed by atoms with van der Waals surface area (Å²) in [6.45, 7) is 3.94. The summed E-state index contributed by atoms with van der Waals surface area (Å²) < 4.78 is 0. The molecule has 1 saturated heterocycles. The fourth-order valence-electron chi connectivity index (χ4n) is 1.12. The number of carbonyl (C=O) groups is 1. The minimum absolute atomic E-state index is 0. The van der Waals surface area contributed by atoms with Crippen molar-refractivity contribution in [1.29, 1.82) is 0 Å². The van der Waals surface area contributed by atoms with Crippen molar-refractivity contribution >= 4 is 18.3 Å². The topological polar surface area (TPSA) is 86.6 Å². The molecular weight excluding hydrogens is 168 g/mol. The maximum Gasteiger partial charge on any atom is 0.237 e. The monoisotopic (exact) mass is 182 g/mol. The van der Waals surface area contributed by atoms with Gasteiger partial charge in [0, 0.05) is 5.54 Å². The lowest BCUT2D eigenvalue weighted by molar-refractivity contribution is -0.120. The van der Waals surface area contributed by atoms with Crippen molar-refractivity contribution in [2.45, 2.75) is 31.8 Å². The van der Waals surface area contributed by atoms with Gasteiger partial charge in [0.15, 0.2) is 0 Å². The predicted molar refractivity (Wildman–Crippen MR) is 45.7 cm³/mol. The Morgan fingerprint density at radius 1 is 1.64 bits per heavy atom. The molecule has 1 aliphatic rings. The summed E-state index contributed by atoms with van der Waals surface area (Å²) in [5, 5.41) is 2.78. The zero-order valence-corrected chi connectivity index (χ0v) is 7.49. The molecular formula is C6H15ClN2O2. The number of nitrogens with two attached hydrogens (primary N) is 1. The third-order valence-electron chi connectivity index (χ3n) is 1.53. The average Bonchev–Trinajstić information content (AvgIpc) is 1.79. The third kappa shape index (κ3) is 3.05. The molecule has 0 aromatic rings. The molecule has 0 bridgehead atoms. The summed E-state index contributed by atoms with van der Waals surface area (Å²) >= 11 is 0. The van der Waals surface area contributed by atoms with Crippen LogP contribution in [0.15, 0.2) is 0 Å². The van der Waals surface area contributed by atoms with E-state index in [0.717, 1.165) is 6.42 Å². The number of hydrogen-bond donors (Lipinski definition) is 2. The number of amides is 1. The minimum atomic E-state index is -0.292.